The minimum atomic E-state index is -0.170. The van der Waals surface area contributed by atoms with Gasteiger partial charge in [0.1, 0.15) is 11.9 Å². The van der Waals surface area contributed by atoms with Crippen LogP contribution in [0.1, 0.15) is 23.4 Å². The number of aromatic nitrogens is 2. The van der Waals surface area contributed by atoms with Crippen molar-refractivity contribution in [1.82, 2.24) is 20.6 Å². The number of halogens is 2. The zero-order chi connectivity index (χ0) is 15.5. The molecule has 0 radical (unpaired) electrons. The molecule has 0 aliphatic carbocycles. The van der Waals surface area contributed by atoms with Crippen molar-refractivity contribution in [2.24, 2.45) is 0 Å². The van der Waals surface area contributed by atoms with Gasteiger partial charge in [0.2, 0.25) is 5.91 Å². The van der Waals surface area contributed by atoms with Gasteiger partial charge < -0.3 is 10.3 Å². The number of hydrogen-bond acceptors (Lipinski definition) is 3. The predicted molar refractivity (Wildman–Crippen MR) is 102 cm³/mol. The minimum absolute atomic E-state index is 0. The highest BCUT2D eigenvalue weighted by Gasteiger charge is 2.16. The van der Waals surface area contributed by atoms with Crippen LogP contribution in [0.5, 0.6) is 0 Å². The average Bonchev–Trinajstić information content (AvgIpc) is 3.16. The van der Waals surface area contributed by atoms with E-state index < -0.39 is 0 Å². The zero-order valence-electron chi connectivity index (χ0n) is 13.9. The molecule has 1 atom stereocenters. The maximum atomic E-state index is 11.8. The molecule has 1 unspecified atom stereocenters. The molecule has 0 fully saturated rings. The van der Waals surface area contributed by atoms with Crippen LogP contribution in [0.25, 0.3) is 11.0 Å². The molecule has 0 bridgehead atoms. The molecule has 1 aromatic carbocycles. The molecule has 7 heteroatoms. The number of benzene rings is 1. The van der Waals surface area contributed by atoms with Crippen molar-refractivity contribution in [2.45, 2.75) is 32.7 Å². The maximum Gasteiger partial charge on any atom is 0.241 e. The fourth-order valence-electron chi connectivity index (χ4n) is 2.71. The monoisotopic (exact) mass is 370 g/mol. The zero-order valence-corrected chi connectivity index (χ0v) is 15.5. The molecule has 3 N–H and O–H groups in total. The van der Waals surface area contributed by atoms with E-state index in [1.807, 2.05) is 12.2 Å². The van der Waals surface area contributed by atoms with E-state index in [9.17, 15) is 4.79 Å². The third-order valence-corrected chi connectivity index (χ3v) is 4.18. The maximum absolute atomic E-state index is 11.8. The standard InChI is InChI=1S/C17H22N4O.2ClH/c1-11-7-8-13-16(12(11)2)21-15(20-13)6-4-10-19-17(22)14-5-3-9-18-14;;/h3,5,7-8,14,18H,4,6,9-10H2,1-2H3,(H,19,22)(H,20,21);2*1H. The fraction of sp³-hybridized carbons (Fsp3) is 0.412. The summed E-state index contributed by atoms with van der Waals surface area (Å²) in [6.07, 6.45) is 5.59. The summed E-state index contributed by atoms with van der Waals surface area (Å²) in [4.78, 5) is 19.9. The lowest BCUT2D eigenvalue weighted by atomic mass is 10.1. The molecular weight excluding hydrogens is 347 g/mol. The molecule has 0 saturated carbocycles. The molecule has 0 saturated heterocycles. The van der Waals surface area contributed by atoms with Gasteiger partial charge in [-0.15, -0.1) is 24.8 Å². The lowest BCUT2D eigenvalue weighted by molar-refractivity contribution is -0.121. The molecule has 3 rings (SSSR count). The van der Waals surface area contributed by atoms with Crippen LogP contribution in [-0.4, -0.2) is 35.0 Å². The second-order valence-corrected chi connectivity index (χ2v) is 5.80. The Kier molecular flexibility index (Phi) is 7.73. The normalized spacial score (nSPS) is 15.8. The summed E-state index contributed by atoms with van der Waals surface area (Å²) in [6, 6.07) is 4.02. The number of imidazole rings is 1. The Morgan fingerprint density at radius 2 is 2.12 bits per heavy atom. The van der Waals surface area contributed by atoms with Crippen LogP contribution < -0.4 is 10.6 Å². The Balaban J connectivity index is 0.00000144. The van der Waals surface area contributed by atoms with Crippen LogP contribution in [0.15, 0.2) is 24.3 Å². The number of rotatable bonds is 5. The van der Waals surface area contributed by atoms with Crippen LogP contribution in [0, 0.1) is 13.8 Å². The van der Waals surface area contributed by atoms with Crippen molar-refractivity contribution in [3.63, 3.8) is 0 Å². The summed E-state index contributed by atoms with van der Waals surface area (Å²) in [7, 11) is 0. The van der Waals surface area contributed by atoms with Gasteiger partial charge in [0.15, 0.2) is 0 Å². The molecule has 0 spiro atoms. The first-order chi connectivity index (χ1) is 10.6. The molecule has 1 aliphatic heterocycles. The summed E-state index contributed by atoms with van der Waals surface area (Å²) in [5, 5.41) is 6.06. The number of aromatic amines is 1. The molecule has 132 valence electrons. The van der Waals surface area contributed by atoms with Crippen LogP contribution >= 0.6 is 24.8 Å². The number of fused-ring (bicyclic) bond motifs is 1. The minimum Gasteiger partial charge on any atom is -0.354 e. The third kappa shape index (κ3) is 4.50. The van der Waals surface area contributed by atoms with Crippen molar-refractivity contribution in [3.05, 3.63) is 41.2 Å². The predicted octanol–water partition coefficient (Wildman–Crippen LogP) is 2.60. The first-order valence-corrected chi connectivity index (χ1v) is 7.77. The lowest BCUT2D eigenvalue weighted by Crippen LogP contribution is -2.40. The Morgan fingerprint density at radius 3 is 2.83 bits per heavy atom. The second-order valence-electron chi connectivity index (χ2n) is 5.80. The molecule has 1 aromatic heterocycles. The molecular formula is C17H24Cl2N4O. The van der Waals surface area contributed by atoms with E-state index in [0.717, 1.165) is 36.2 Å². The van der Waals surface area contributed by atoms with Crippen molar-refractivity contribution < 1.29 is 4.79 Å². The largest absolute Gasteiger partial charge is 0.354 e. The molecule has 1 amide bonds. The van der Waals surface area contributed by atoms with Crippen LogP contribution in [0.2, 0.25) is 0 Å². The van der Waals surface area contributed by atoms with Gasteiger partial charge in [-0.1, -0.05) is 18.2 Å². The lowest BCUT2D eigenvalue weighted by Gasteiger charge is -2.09. The third-order valence-electron chi connectivity index (χ3n) is 4.18. The van der Waals surface area contributed by atoms with Gasteiger partial charge in [-0.05, 0) is 37.5 Å². The molecule has 24 heavy (non-hydrogen) atoms. The number of amides is 1. The van der Waals surface area contributed by atoms with E-state index in [4.69, 9.17) is 0 Å². The van der Waals surface area contributed by atoms with E-state index in [0.29, 0.717) is 6.54 Å². The van der Waals surface area contributed by atoms with Gasteiger partial charge in [-0.25, -0.2) is 4.98 Å². The summed E-state index contributed by atoms with van der Waals surface area (Å²) in [6.45, 7) is 5.64. The summed E-state index contributed by atoms with van der Waals surface area (Å²) < 4.78 is 0. The quantitative estimate of drug-likeness (QED) is 0.559. The number of nitrogens with zero attached hydrogens (tertiary/aromatic N) is 1. The van der Waals surface area contributed by atoms with E-state index in [2.05, 4.69) is 46.6 Å². The van der Waals surface area contributed by atoms with Crippen LogP contribution in [0.4, 0.5) is 0 Å². The molecule has 2 heterocycles. The van der Waals surface area contributed by atoms with Gasteiger partial charge in [0.05, 0.1) is 11.0 Å². The van der Waals surface area contributed by atoms with Crippen molar-refractivity contribution in [3.8, 4) is 0 Å². The highest BCUT2D eigenvalue weighted by atomic mass is 35.5. The summed E-state index contributed by atoms with van der Waals surface area (Å²) >= 11 is 0. The molecule has 5 nitrogen and oxygen atoms in total. The Hall–Kier alpha value is -1.56. The SMILES string of the molecule is Cc1ccc2[nH]c(CCCNC(=O)C3C=CCN3)nc2c1C.Cl.Cl. The van der Waals surface area contributed by atoms with E-state index in [1.54, 1.807) is 0 Å². The summed E-state index contributed by atoms with van der Waals surface area (Å²) in [5.41, 5.74) is 4.63. The molecule has 1 aliphatic rings. The van der Waals surface area contributed by atoms with Crippen LogP contribution in [-0.2, 0) is 11.2 Å². The Bertz CT molecular complexity index is 727. The number of nitrogens with one attached hydrogen (secondary N) is 3. The number of hydrogen-bond donors (Lipinski definition) is 3. The fourth-order valence-corrected chi connectivity index (χ4v) is 2.71. The second kappa shape index (κ2) is 9.06. The number of aryl methyl sites for hydroxylation is 3. The number of H-pyrrole nitrogens is 1. The number of carbonyl (C=O) groups is 1. The van der Waals surface area contributed by atoms with E-state index >= 15 is 0 Å². The highest BCUT2D eigenvalue weighted by Crippen LogP contribution is 2.19. The Morgan fingerprint density at radius 1 is 1.33 bits per heavy atom. The van der Waals surface area contributed by atoms with Crippen LogP contribution in [0.3, 0.4) is 0 Å². The van der Waals surface area contributed by atoms with Gasteiger partial charge in [-0.3, -0.25) is 10.1 Å². The van der Waals surface area contributed by atoms with Crippen molar-refractivity contribution >= 4 is 41.8 Å². The highest BCUT2D eigenvalue weighted by molar-refractivity contribution is 5.85. The Labute approximate surface area is 154 Å². The van der Waals surface area contributed by atoms with Gasteiger partial charge >= 0.3 is 0 Å². The van der Waals surface area contributed by atoms with Gasteiger partial charge in [0, 0.05) is 19.5 Å². The first kappa shape index (κ1) is 20.5. The summed E-state index contributed by atoms with van der Waals surface area (Å²) in [5.74, 6) is 1.03. The first-order valence-electron chi connectivity index (χ1n) is 7.77. The van der Waals surface area contributed by atoms with E-state index in [1.165, 1.54) is 11.1 Å². The number of carbonyl (C=O) groups excluding carboxylic acids is 1. The van der Waals surface area contributed by atoms with Gasteiger partial charge in [0.25, 0.3) is 0 Å². The van der Waals surface area contributed by atoms with E-state index in [-0.39, 0.29) is 36.8 Å². The molecule has 2 aromatic rings. The van der Waals surface area contributed by atoms with Gasteiger partial charge in [-0.2, -0.15) is 0 Å². The average molecular weight is 371 g/mol. The topological polar surface area (TPSA) is 69.8 Å². The van der Waals surface area contributed by atoms with Crippen molar-refractivity contribution in [1.29, 1.82) is 0 Å². The smallest absolute Gasteiger partial charge is 0.241 e. The van der Waals surface area contributed by atoms with Crippen molar-refractivity contribution in [2.75, 3.05) is 13.1 Å².